The number of amides is 1. The van der Waals surface area contributed by atoms with Gasteiger partial charge in [-0.1, -0.05) is 11.6 Å². The van der Waals surface area contributed by atoms with Gasteiger partial charge in [0.15, 0.2) is 0 Å². The first-order chi connectivity index (χ1) is 13.6. The van der Waals surface area contributed by atoms with Crippen LogP contribution in [0.2, 0.25) is 5.02 Å². The Labute approximate surface area is 170 Å². The fourth-order valence-electron chi connectivity index (χ4n) is 4.23. The Morgan fingerprint density at radius 3 is 2.79 bits per heavy atom. The Bertz CT molecular complexity index is 846. The fraction of sp³-hybridized carbons (Fsp3) is 0.524. The number of carbonyl (C=O) groups is 1. The molecule has 1 amide bonds. The van der Waals surface area contributed by atoms with Crippen LogP contribution in [0, 0.1) is 5.92 Å². The number of nitrogens with two attached hydrogens (primary N) is 1. The molecule has 0 aliphatic carbocycles. The van der Waals surface area contributed by atoms with E-state index in [-0.39, 0.29) is 11.9 Å². The molecule has 2 fully saturated rings. The number of aromatic nitrogens is 1. The number of fused-ring (bicyclic) bond motifs is 1. The Kier molecular flexibility index (Phi) is 5.99. The molecule has 0 atom stereocenters. The number of ether oxygens (including phenoxy) is 1. The molecule has 4 rings (SSSR count). The van der Waals surface area contributed by atoms with Gasteiger partial charge < -0.3 is 20.7 Å². The van der Waals surface area contributed by atoms with Crippen molar-refractivity contribution in [1.29, 1.82) is 0 Å². The highest BCUT2D eigenvalue weighted by Gasteiger charge is 2.25. The predicted octanol–water partition coefficient (Wildman–Crippen LogP) is 3.09. The monoisotopic (exact) mass is 402 g/mol. The quantitative estimate of drug-likeness (QED) is 0.768. The summed E-state index contributed by atoms with van der Waals surface area (Å²) in [5.41, 5.74) is 7.59. The largest absolute Gasteiger partial charge is 0.397 e. The normalized spacial score (nSPS) is 19.8. The van der Waals surface area contributed by atoms with Crippen LogP contribution in [0.1, 0.15) is 36.0 Å². The van der Waals surface area contributed by atoms with Crippen LogP contribution in [0.15, 0.2) is 24.4 Å². The van der Waals surface area contributed by atoms with Crippen LogP contribution in [0.25, 0.3) is 10.9 Å². The SMILES string of the molecule is Nc1c(Cl)cc(C(=O)NC2CCN(CC3CCOCC3)CC2)c2ncccc12. The van der Waals surface area contributed by atoms with Crippen molar-refractivity contribution >= 4 is 34.1 Å². The van der Waals surface area contributed by atoms with Gasteiger partial charge in [0, 0.05) is 50.5 Å². The predicted molar refractivity (Wildman–Crippen MR) is 112 cm³/mol. The third-order valence-corrected chi connectivity index (χ3v) is 6.22. The second kappa shape index (κ2) is 8.64. The third kappa shape index (κ3) is 4.24. The zero-order chi connectivity index (χ0) is 19.5. The molecule has 2 saturated heterocycles. The summed E-state index contributed by atoms with van der Waals surface area (Å²) in [7, 11) is 0. The van der Waals surface area contributed by atoms with Gasteiger partial charge in [0.05, 0.1) is 21.8 Å². The van der Waals surface area contributed by atoms with Crippen LogP contribution in [0.3, 0.4) is 0 Å². The van der Waals surface area contributed by atoms with E-state index >= 15 is 0 Å². The van der Waals surface area contributed by atoms with Gasteiger partial charge in [0.2, 0.25) is 0 Å². The summed E-state index contributed by atoms with van der Waals surface area (Å²) < 4.78 is 5.45. The van der Waals surface area contributed by atoms with Crippen LogP contribution < -0.4 is 11.1 Å². The lowest BCUT2D eigenvalue weighted by Crippen LogP contribution is -2.46. The number of nitrogens with zero attached hydrogens (tertiary/aromatic N) is 2. The summed E-state index contributed by atoms with van der Waals surface area (Å²) in [4.78, 5) is 19.8. The maximum absolute atomic E-state index is 12.9. The highest BCUT2D eigenvalue weighted by atomic mass is 35.5. The van der Waals surface area contributed by atoms with E-state index in [4.69, 9.17) is 22.1 Å². The molecule has 2 aliphatic rings. The van der Waals surface area contributed by atoms with E-state index in [1.54, 1.807) is 18.3 Å². The molecule has 0 saturated carbocycles. The molecule has 2 aliphatic heterocycles. The molecule has 0 spiro atoms. The number of anilines is 1. The van der Waals surface area contributed by atoms with Crippen LogP contribution >= 0.6 is 11.6 Å². The van der Waals surface area contributed by atoms with Gasteiger partial charge in [0.1, 0.15) is 0 Å². The zero-order valence-corrected chi connectivity index (χ0v) is 16.8. The van der Waals surface area contributed by atoms with E-state index in [1.165, 1.54) is 0 Å². The van der Waals surface area contributed by atoms with Crippen molar-refractivity contribution in [2.24, 2.45) is 5.92 Å². The number of benzene rings is 1. The lowest BCUT2D eigenvalue weighted by atomic mass is 9.97. The van der Waals surface area contributed by atoms with E-state index in [1.807, 2.05) is 6.07 Å². The molecular weight excluding hydrogens is 376 g/mol. The van der Waals surface area contributed by atoms with Crippen LogP contribution in [-0.4, -0.2) is 54.7 Å². The van der Waals surface area contributed by atoms with Gasteiger partial charge in [0.25, 0.3) is 5.91 Å². The van der Waals surface area contributed by atoms with Crippen molar-refractivity contribution < 1.29 is 9.53 Å². The van der Waals surface area contributed by atoms with Gasteiger partial charge in [-0.3, -0.25) is 9.78 Å². The maximum atomic E-state index is 12.9. The Hall–Kier alpha value is -1.89. The van der Waals surface area contributed by atoms with Crippen LogP contribution in [-0.2, 0) is 4.74 Å². The second-order valence-electron chi connectivity index (χ2n) is 7.82. The van der Waals surface area contributed by atoms with E-state index < -0.39 is 0 Å². The Balaban J connectivity index is 1.37. The smallest absolute Gasteiger partial charge is 0.253 e. The molecule has 1 aromatic carbocycles. The molecule has 150 valence electrons. The molecule has 1 aromatic heterocycles. The number of piperidine rings is 1. The summed E-state index contributed by atoms with van der Waals surface area (Å²) >= 11 is 6.24. The molecule has 2 aromatic rings. The number of halogens is 1. The van der Waals surface area contributed by atoms with Crippen LogP contribution in [0.5, 0.6) is 0 Å². The third-order valence-electron chi connectivity index (χ3n) is 5.91. The molecule has 3 heterocycles. The number of nitrogen functional groups attached to an aromatic ring is 1. The van der Waals surface area contributed by atoms with Crippen molar-refractivity contribution in [3.05, 3.63) is 35.0 Å². The van der Waals surface area contributed by atoms with Gasteiger partial charge in [-0.2, -0.15) is 0 Å². The van der Waals surface area contributed by atoms with Gasteiger partial charge >= 0.3 is 0 Å². The lowest BCUT2D eigenvalue weighted by Gasteiger charge is -2.35. The second-order valence-corrected chi connectivity index (χ2v) is 8.23. The summed E-state index contributed by atoms with van der Waals surface area (Å²) in [6.45, 7) is 4.96. The highest BCUT2D eigenvalue weighted by molar-refractivity contribution is 6.35. The number of rotatable bonds is 4. The first-order valence-electron chi connectivity index (χ1n) is 10.1. The van der Waals surface area contributed by atoms with Gasteiger partial charge in [-0.25, -0.2) is 0 Å². The molecule has 0 unspecified atom stereocenters. The molecule has 3 N–H and O–H groups in total. The average molecular weight is 403 g/mol. The highest BCUT2D eigenvalue weighted by Crippen LogP contribution is 2.30. The van der Waals surface area contributed by atoms with Crippen molar-refractivity contribution in [2.75, 3.05) is 38.6 Å². The van der Waals surface area contributed by atoms with Crippen molar-refractivity contribution in [1.82, 2.24) is 15.2 Å². The standard InChI is InChI=1S/C21H27ClN4O2/c22-18-12-17(20-16(19(18)23)2-1-7-24-20)21(27)25-15-3-8-26(9-4-15)13-14-5-10-28-11-6-14/h1-2,7,12,14-15H,3-6,8-11,13,23H2,(H,25,27). The zero-order valence-electron chi connectivity index (χ0n) is 16.0. The van der Waals surface area contributed by atoms with E-state index in [9.17, 15) is 4.79 Å². The summed E-state index contributed by atoms with van der Waals surface area (Å²) in [6, 6.07) is 5.44. The minimum absolute atomic E-state index is 0.131. The first-order valence-corrected chi connectivity index (χ1v) is 10.4. The molecule has 0 radical (unpaired) electrons. The van der Waals surface area contributed by atoms with Gasteiger partial charge in [-0.15, -0.1) is 0 Å². The summed E-state index contributed by atoms with van der Waals surface area (Å²) in [5.74, 6) is 0.614. The minimum Gasteiger partial charge on any atom is -0.397 e. The number of hydrogen-bond acceptors (Lipinski definition) is 5. The fourth-order valence-corrected chi connectivity index (χ4v) is 4.44. The van der Waals surface area contributed by atoms with E-state index in [2.05, 4.69) is 15.2 Å². The van der Waals surface area contributed by atoms with E-state index in [0.717, 1.165) is 64.4 Å². The van der Waals surface area contributed by atoms with Crippen molar-refractivity contribution in [3.63, 3.8) is 0 Å². The number of likely N-dealkylation sites (tertiary alicyclic amines) is 1. The molecule has 6 nitrogen and oxygen atoms in total. The number of hydrogen-bond donors (Lipinski definition) is 2. The summed E-state index contributed by atoms with van der Waals surface area (Å²) in [5, 5.41) is 4.27. The van der Waals surface area contributed by atoms with Crippen molar-refractivity contribution in [2.45, 2.75) is 31.7 Å². The average Bonchev–Trinajstić information content (AvgIpc) is 2.73. The minimum atomic E-state index is -0.131. The summed E-state index contributed by atoms with van der Waals surface area (Å²) in [6.07, 6.45) is 5.91. The molecular formula is C21H27ClN4O2. The number of carbonyl (C=O) groups excluding carboxylic acids is 1. The van der Waals surface area contributed by atoms with E-state index in [0.29, 0.717) is 27.2 Å². The topological polar surface area (TPSA) is 80.5 Å². The molecule has 7 heteroatoms. The first kappa shape index (κ1) is 19.4. The lowest BCUT2D eigenvalue weighted by molar-refractivity contribution is 0.0478. The van der Waals surface area contributed by atoms with Crippen LogP contribution in [0.4, 0.5) is 5.69 Å². The maximum Gasteiger partial charge on any atom is 0.253 e. The molecule has 28 heavy (non-hydrogen) atoms. The Morgan fingerprint density at radius 2 is 2.04 bits per heavy atom. The Morgan fingerprint density at radius 1 is 1.29 bits per heavy atom. The number of pyridine rings is 1. The number of nitrogens with one attached hydrogen (secondary N) is 1. The van der Waals surface area contributed by atoms with Crippen molar-refractivity contribution in [3.8, 4) is 0 Å². The molecule has 0 bridgehead atoms. The van der Waals surface area contributed by atoms with Gasteiger partial charge in [-0.05, 0) is 49.8 Å².